The second-order valence-corrected chi connectivity index (χ2v) is 7.90. The lowest BCUT2D eigenvalue weighted by molar-refractivity contribution is -0.122. The number of hydrogen-bond donors (Lipinski definition) is 2. The number of thiazole rings is 1. The summed E-state index contributed by atoms with van der Waals surface area (Å²) in [5.74, 6) is -3.15. The van der Waals surface area contributed by atoms with Crippen LogP contribution in [-0.2, 0) is 4.79 Å². The lowest BCUT2D eigenvalue weighted by atomic mass is 10.1. The van der Waals surface area contributed by atoms with Crippen LogP contribution in [0.2, 0.25) is 0 Å². The standard InChI is InChI=1S/C17H16F2N4O2S2/c1-20-15(25)13(8-4-5-9(18)10(19)6-8)21-14(24)11-7-12-16(26-11)22-17(27-12)23(2)3/h4-7,13H,1-3H3,(H,20,25)(H,21,24). The smallest absolute Gasteiger partial charge is 0.262 e. The zero-order valence-electron chi connectivity index (χ0n) is 14.7. The Morgan fingerprint density at radius 2 is 1.89 bits per heavy atom. The molecule has 3 aromatic rings. The van der Waals surface area contributed by atoms with Crippen LogP contribution in [0.3, 0.4) is 0 Å². The van der Waals surface area contributed by atoms with Crippen LogP contribution in [0.4, 0.5) is 13.9 Å². The molecule has 0 spiro atoms. The fourth-order valence-electron chi connectivity index (χ4n) is 2.37. The van der Waals surface area contributed by atoms with Crippen molar-refractivity contribution in [1.29, 1.82) is 0 Å². The van der Waals surface area contributed by atoms with Gasteiger partial charge in [-0.15, -0.1) is 11.3 Å². The topological polar surface area (TPSA) is 74.3 Å². The first-order valence-corrected chi connectivity index (χ1v) is 9.48. The molecule has 2 amide bonds. The third-order valence-corrected chi connectivity index (χ3v) is 6.07. The predicted molar refractivity (Wildman–Crippen MR) is 102 cm³/mol. The Morgan fingerprint density at radius 3 is 2.48 bits per heavy atom. The van der Waals surface area contributed by atoms with Crippen molar-refractivity contribution in [1.82, 2.24) is 15.6 Å². The maximum atomic E-state index is 13.5. The summed E-state index contributed by atoms with van der Waals surface area (Å²) >= 11 is 2.65. The molecule has 2 heterocycles. The quantitative estimate of drug-likeness (QED) is 0.678. The Morgan fingerprint density at radius 1 is 1.15 bits per heavy atom. The Kier molecular flexibility index (Phi) is 5.38. The molecule has 6 nitrogen and oxygen atoms in total. The van der Waals surface area contributed by atoms with Gasteiger partial charge in [0.05, 0.1) is 9.58 Å². The van der Waals surface area contributed by atoms with Gasteiger partial charge in [-0.2, -0.15) is 0 Å². The summed E-state index contributed by atoms with van der Waals surface area (Å²) in [6.45, 7) is 0. The van der Waals surface area contributed by atoms with Crippen LogP contribution < -0.4 is 15.5 Å². The minimum absolute atomic E-state index is 0.146. The molecule has 1 atom stereocenters. The minimum atomic E-state index is -1.15. The molecule has 27 heavy (non-hydrogen) atoms. The van der Waals surface area contributed by atoms with Crippen LogP contribution in [0, 0.1) is 11.6 Å². The van der Waals surface area contributed by atoms with Crippen molar-refractivity contribution in [3.63, 3.8) is 0 Å². The average Bonchev–Trinajstić information content (AvgIpc) is 3.20. The van der Waals surface area contributed by atoms with Gasteiger partial charge in [0.25, 0.3) is 5.91 Å². The van der Waals surface area contributed by atoms with Gasteiger partial charge >= 0.3 is 0 Å². The lowest BCUT2D eigenvalue weighted by Crippen LogP contribution is -2.38. The van der Waals surface area contributed by atoms with E-state index in [2.05, 4.69) is 15.6 Å². The molecule has 1 unspecified atom stereocenters. The third-order valence-electron chi connectivity index (χ3n) is 3.75. The number of nitrogens with zero attached hydrogens (tertiary/aromatic N) is 2. The SMILES string of the molecule is CNC(=O)C(NC(=O)c1cc2sc(N(C)C)nc2s1)c1ccc(F)c(F)c1. The maximum absolute atomic E-state index is 13.5. The van der Waals surface area contributed by atoms with E-state index in [9.17, 15) is 18.4 Å². The number of nitrogens with one attached hydrogen (secondary N) is 2. The van der Waals surface area contributed by atoms with E-state index < -0.39 is 29.5 Å². The number of aromatic nitrogens is 1. The van der Waals surface area contributed by atoms with E-state index in [0.717, 1.165) is 26.8 Å². The molecular formula is C17H16F2N4O2S2. The van der Waals surface area contributed by atoms with E-state index >= 15 is 0 Å². The summed E-state index contributed by atoms with van der Waals surface area (Å²) in [5.41, 5.74) is 0.146. The monoisotopic (exact) mass is 410 g/mol. The molecule has 10 heteroatoms. The molecular weight excluding hydrogens is 394 g/mol. The highest BCUT2D eigenvalue weighted by Gasteiger charge is 2.25. The lowest BCUT2D eigenvalue weighted by Gasteiger charge is -2.17. The normalized spacial score (nSPS) is 12.0. The van der Waals surface area contributed by atoms with Crippen molar-refractivity contribution >= 4 is 49.1 Å². The molecule has 0 fully saturated rings. The molecule has 0 bridgehead atoms. The zero-order valence-corrected chi connectivity index (χ0v) is 16.3. The van der Waals surface area contributed by atoms with Crippen LogP contribution in [0.15, 0.2) is 24.3 Å². The number of carbonyl (C=O) groups is 2. The Labute approximate surface area is 161 Å². The van der Waals surface area contributed by atoms with Gasteiger partial charge in [0, 0.05) is 21.1 Å². The van der Waals surface area contributed by atoms with Crippen molar-refractivity contribution in [3.05, 3.63) is 46.3 Å². The minimum Gasteiger partial charge on any atom is -0.357 e. The summed E-state index contributed by atoms with van der Waals surface area (Å²) in [4.78, 5) is 32.2. The summed E-state index contributed by atoms with van der Waals surface area (Å²) in [6, 6.07) is 3.62. The fourth-order valence-corrected chi connectivity index (χ4v) is 4.40. The van der Waals surface area contributed by atoms with E-state index in [4.69, 9.17) is 0 Å². The van der Waals surface area contributed by atoms with Crippen LogP contribution in [0.25, 0.3) is 9.53 Å². The number of likely N-dealkylation sites (N-methyl/N-ethyl adjacent to an activating group) is 1. The van der Waals surface area contributed by atoms with Crippen molar-refractivity contribution in [2.24, 2.45) is 0 Å². The van der Waals surface area contributed by atoms with Crippen molar-refractivity contribution in [2.75, 3.05) is 26.0 Å². The molecule has 0 saturated carbocycles. The number of carbonyl (C=O) groups excluding carboxylic acids is 2. The van der Waals surface area contributed by atoms with Gasteiger partial charge < -0.3 is 15.5 Å². The van der Waals surface area contributed by atoms with Crippen molar-refractivity contribution in [2.45, 2.75) is 6.04 Å². The van der Waals surface area contributed by atoms with Gasteiger partial charge in [0.1, 0.15) is 10.9 Å². The number of benzene rings is 1. The molecule has 0 aliphatic carbocycles. The van der Waals surface area contributed by atoms with E-state index in [1.54, 1.807) is 6.07 Å². The summed E-state index contributed by atoms with van der Waals surface area (Å²) < 4.78 is 27.6. The molecule has 1 aromatic carbocycles. The van der Waals surface area contributed by atoms with Crippen LogP contribution in [0.5, 0.6) is 0 Å². The highest BCUT2D eigenvalue weighted by Crippen LogP contribution is 2.34. The van der Waals surface area contributed by atoms with Crippen LogP contribution in [-0.4, -0.2) is 37.9 Å². The summed E-state index contributed by atoms with van der Waals surface area (Å²) in [7, 11) is 5.16. The number of amides is 2. The Balaban J connectivity index is 1.86. The Hall–Kier alpha value is -2.59. The van der Waals surface area contributed by atoms with Crippen LogP contribution in [0.1, 0.15) is 21.3 Å². The van der Waals surface area contributed by atoms with Gasteiger partial charge in [-0.1, -0.05) is 17.4 Å². The van der Waals surface area contributed by atoms with E-state index in [-0.39, 0.29) is 5.56 Å². The number of hydrogen-bond acceptors (Lipinski definition) is 6. The largest absolute Gasteiger partial charge is 0.357 e. The molecule has 142 valence electrons. The van der Waals surface area contributed by atoms with Gasteiger partial charge in [-0.05, 0) is 23.8 Å². The summed E-state index contributed by atoms with van der Waals surface area (Å²) in [6.07, 6.45) is 0. The molecule has 2 aromatic heterocycles. The van der Waals surface area contributed by atoms with E-state index in [1.807, 2.05) is 19.0 Å². The average molecular weight is 410 g/mol. The number of rotatable bonds is 5. The second-order valence-electron chi connectivity index (χ2n) is 5.87. The second kappa shape index (κ2) is 7.57. The van der Waals surface area contributed by atoms with Crippen molar-refractivity contribution < 1.29 is 18.4 Å². The zero-order chi connectivity index (χ0) is 19.7. The molecule has 0 saturated heterocycles. The fraction of sp³-hybridized carbons (Fsp3) is 0.235. The molecule has 0 aliphatic heterocycles. The maximum Gasteiger partial charge on any atom is 0.262 e. The predicted octanol–water partition coefficient (Wildman–Crippen LogP) is 2.92. The molecule has 3 rings (SSSR count). The van der Waals surface area contributed by atoms with Gasteiger partial charge in [0.2, 0.25) is 5.91 Å². The van der Waals surface area contributed by atoms with E-state index in [1.165, 1.54) is 35.8 Å². The van der Waals surface area contributed by atoms with Gasteiger partial charge in [0.15, 0.2) is 16.8 Å². The number of anilines is 1. The number of halogens is 2. The molecule has 0 aliphatic rings. The van der Waals surface area contributed by atoms with Gasteiger partial charge in [-0.25, -0.2) is 13.8 Å². The highest BCUT2D eigenvalue weighted by atomic mass is 32.1. The summed E-state index contributed by atoms with van der Waals surface area (Å²) in [5, 5.41) is 5.81. The Bertz CT molecular complexity index is 984. The first kappa shape index (κ1) is 19.2. The third kappa shape index (κ3) is 3.91. The van der Waals surface area contributed by atoms with Crippen molar-refractivity contribution in [3.8, 4) is 0 Å². The van der Waals surface area contributed by atoms with E-state index in [0.29, 0.717) is 4.88 Å². The first-order chi connectivity index (χ1) is 12.8. The number of fused-ring (bicyclic) bond motifs is 1. The molecule has 0 radical (unpaired) electrons. The highest BCUT2D eigenvalue weighted by molar-refractivity contribution is 7.29. The van der Waals surface area contributed by atoms with Crippen LogP contribution >= 0.6 is 22.7 Å². The first-order valence-electron chi connectivity index (χ1n) is 7.85. The molecule has 2 N–H and O–H groups in total. The number of thiophene rings is 1. The van der Waals surface area contributed by atoms with Gasteiger partial charge in [-0.3, -0.25) is 9.59 Å².